The van der Waals surface area contributed by atoms with Gasteiger partial charge in [0, 0.05) is 18.4 Å². The molecule has 0 aromatic carbocycles. The number of aromatic nitrogens is 2. The van der Waals surface area contributed by atoms with Gasteiger partial charge in [-0.25, -0.2) is 4.39 Å². The molecule has 3 nitrogen and oxygen atoms in total. The van der Waals surface area contributed by atoms with E-state index in [0.717, 1.165) is 12.1 Å². The van der Waals surface area contributed by atoms with Crippen LogP contribution in [-0.4, -0.2) is 16.0 Å². The summed E-state index contributed by atoms with van der Waals surface area (Å²) >= 11 is 0. The van der Waals surface area contributed by atoms with Crippen molar-refractivity contribution in [2.24, 2.45) is 0 Å². The fourth-order valence-electron chi connectivity index (χ4n) is 2.00. The molecule has 2 heterocycles. The minimum Gasteiger partial charge on any atom is -0.306 e. The van der Waals surface area contributed by atoms with Crippen molar-refractivity contribution in [3.05, 3.63) is 59.9 Å². The van der Waals surface area contributed by atoms with Gasteiger partial charge < -0.3 is 5.32 Å². The Balaban J connectivity index is 2.18. The SMILES string of the molecule is CC(C)NC(Cc1ccncc1)c1ccc(F)cn1. The summed E-state index contributed by atoms with van der Waals surface area (Å²) in [6.07, 6.45) is 5.62. The van der Waals surface area contributed by atoms with Crippen molar-refractivity contribution in [2.45, 2.75) is 32.4 Å². The molecule has 1 atom stereocenters. The van der Waals surface area contributed by atoms with Crippen LogP contribution >= 0.6 is 0 Å². The van der Waals surface area contributed by atoms with Gasteiger partial charge >= 0.3 is 0 Å². The number of hydrogen-bond acceptors (Lipinski definition) is 3. The third-order valence-electron chi connectivity index (χ3n) is 2.83. The van der Waals surface area contributed by atoms with E-state index in [1.54, 1.807) is 18.5 Å². The van der Waals surface area contributed by atoms with Crippen LogP contribution in [0.3, 0.4) is 0 Å². The van der Waals surface area contributed by atoms with Crippen LogP contribution in [-0.2, 0) is 6.42 Å². The van der Waals surface area contributed by atoms with E-state index in [1.165, 1.54) is 17.8 Å². The second kappa shape index (κ2) is 6.38. The second-order valence-corrected chi connectivity index (χ2v) is 4.83. The smallest absolute Gasteiger partial charge is 0.141 e. The molecule has 0 bridgehead atoms. The Morgan fingerprint density at radius 1 is 1.16 bits per heavy atom. The van der Waals surface area contributed by atoms with Crippen molar-refractivity contribution in [3.63, 3.8) is 0 Å². The van der Waals surface area contributed by atoms with Crippen molar-refractivity contribution in [3.8, 4) is 0 Å². The van der Waals surface area contributed by atoms with Crippen molar-refractivity contribution in [1.82, 2.24) is 15.3 Å². The standard InChI is InChI=1S/C15H18FN3/c1-11(2)19-15(9-12-5-7-17-8-6-12)14-4-3-13(16)10-18-14/h3-8,10-11,15,19H,9H2,1-2H3. The summed E-state index contributed by atoms with van der Waals surface area (Å²) in [4.78, 5) is 8.19. The first-order valence-corrected chi connectivity index (χ1v) is 6.41. The van der Waals surface area contributed by atoms with Gasteiger partial charge in [-0.3, -0.25) is 9.97 Å². The molecular formula is C15H18FN3. The zero-order valence-corrected chi connectivity index (χ0v) is 11.2. The van der Waals surface area contributed by atoms with Crippen LogP contribution in [0.5, 0.6) is 0 Å². The Morgan fingerprint density at radius 2 is 1.89 bits per heavy atom. The molecule has 2 rings (SSSR count). The molecule has 19 heavy (non-hydrogen) atoms. The predicted molar refractivity (Wildman–Crippen MR) is 73.1 cm³/mol. The van der Waals surface area contributed by atoms with Crippen LogP contribution < -0.4 is 5.32 Å². The van der Waals surface area contributed by atoms with Crippen LogP contribution in [0.4, 0.5) is 4.39 Å². The normalized spacial score (nSPS) is 12.6. The van der Waals surface area contributed by atoms with E-state index in [-0.39, 0.29) is 11.9 Å². The first-order chi connectivity index (χ1) is 9.15. The summed E-state index contributed by atoms with van der Waals surface area (Å²) in [5.74, 6) is -0.309. The largest absolute Gasteiger partial charge is 0.306 e. The molecule has 4 heteroatoms. The fraction of sp³-hybridized carbons (Fsp3) is 0.333. The van der Waals surface area contributed by atoms with Crippen LogP contribution in [0, 0.1) is 5.82 Å². The summed E-state index contributed by atoms with van der Waals surface area (Å²) in [5.41, 5.74) is 2.03. The maximum atomic E-state index is 12.9. The van der Waals surface area contributed by atoms with Gasteiger partial charge in [-0.1, -0.05) is 13.8 Å². The molecule has 0 radical (unpaired) electrons. The topological polar surface area (TPSA) is 37.8 Å². The molecule has 0 amide bonds. The first-order valence-electron chi connectivity index (χ1n) is 6.41. The number of halogens is 1. The van der Waals surface area contributed by atoms with Gasteiger partial charge in [-0.05, 0) is 36.2 Å². The Kier molecular flexibility index (Phi) is 4.58. The van der Waals surface area contributed by atoms with E-state index in [9.17, 15) is 4.39 Å². The highest BCUT2D eigenvalue weighted by atomic mass is 19.1. The van der Waals surface area contributed by atoms with Crippen molar-refractivity contribution in [1.29, 1.82) is 0 Å². The third kappa shape index (κ3) is 4.10. The minimum atomic E-state index is -0.309. The number of rotatable bonds is 5. The van der Waals surface area contributed by atoms with E-state index >= 15 is 0 Å². The molecule has 0 fully saturated rings. The molecular weight excluding hydrogens is 241 g/mol. The molecule has 0 saturated heterocycles. The van der Waals surface area contributed by atoms with Crippen LogP contribution in [0.2, 0.25) is 0 Å². The average Bonchev–Trinajstić information content (AvgIpc) is 2.39. The zero-order valence-electron chi connectivity index (χ0n) is 11.2. The lowest BCUT2D eigenvalue weighted by Crippen LogP contribution is -2.30. The summed E-state index contributed by atoms with van der Waals surface area (Å²) < 4.78 is 12.9. The van der Waals surface area contributed by atoms with Gasteiger partial charge in [-0.2, -0.15) is 0 Å². The quantitative estimate of drug-likeness (QED) is 0.897. The molecule has 0 aliphatic rings. The molecule has 1 unspecified atom stereocenters. The van der Waals surface area contributed by atoms with Gasteiger partial charge in [-0.15, -0.1) is 0 Å². The van der Waals surface area contributed by atoms with E-state index in [2.05, 4.69) is 29.1 Å². The van der Waals surface area contributed by atoms with Crippen molar-refractivity contribution < 1.29 is 4.39 Å². The molecule has 2 aromatic heterocycles. The number of nitrogens with one attached hydrogen (secondary N) is 1. The Labute approximate surface area is 112 Å². The Morgan fingerprint density at radius 3 is 2.47 bits per heavy atom. The zero-order chi connectivity index (χ0) is 13.7. The molecule has 0 spiro atoms. The van der Waals surface area contributed by atoms with Gasteiger partial charge in [0.25, 0.3) is 0 Å². The molecule has 0 aliphatic carbocycles. The van der Waals surface area contributed by atoms with E-state index < -0.39 is 0 Å². The summed E-state index contributed by atoms with van der Waals surface area (Å²) in [7, 11) is 0. The summed E-state index contributed by atoms with van der Waals surface area (Å²) in [6.45, 7) is 4.17. The van der Waals surface area contributed by atoms with Crippen molar-refractivity contribution in [2.75, 3.05) is 0 Å². The lowest BCUT2D eigenvalue weighted by atomic mass is 10.0. The van der Waals surface area contributed by atoms with Crippen LogP contribution in [0.15, 0.2) is 42.9 Å². The fourth-order valence-corrected chi connectivity index (χ4v) is 2.00. The average molecular weight is 259 g/mol. The maximum absolute atomic E-state index is 12.9. The highest BCUT2D eigenvalue weighted by molar-refractivity contribution is 5.17. The monoisotopic (exact) mass is 259 g/mol. The van der Waals surface area contributed by atoms with E-state index in [0.29, 0.717) is 6.04 Å². The van der Waals surface area contributed by atoms with E-state index in [4.69, 9.17) is 0 Å². The number of hydrogen-bond donors (Lipinski definition) is 1. The van der Waals surface area contributed by atoms with Crippen LogP contribution in [0.25, 0.3) is 0 Å². The predicted octanol–water partition coefficient (Wildman–Crippen LogP) is 2.90. The summed E-state index contributed by atoms with van der Waals surface area (Å²) in [5, 5.41) is 3.46. The van der Waals surface area contributed by atoms with Gasteiger partial charge in [0.15, 0.2) is 0 Å². The highest BCUT2D eigenvalue weighted by Crippen LogP contribution is 2.17. The Hall–Kier alpha value is -1.81. The maximum Gasteiger partial charge on any atom is 0.141 e. The molecule has 100 valence electrons. The molecule has 0 aliphatic heterocycles. The van der Waals surface area contributed by atoms with Gasteiger partial charge in [0.05, 0.1) is 17.9 Å². The Bertz CT molecular complexity index is 497. The lowest BCUT2D eigenvalue weighted by molar-refractivity contribution is 0.464. The molecule has 0 saturated carbocycles. The first kappa shape index (κ1) is 13.6. The minimum absolute atomic E-state index is 0.0722. The number of pyridine rings is 2. The van der Waals surface area contributed by atoms with Crippen LogP contribution in [0.1, 0.15) is 31.1 Å². The second-order valence-electron chi connectivity index (χ2n) is 4.83. The highest BCUT2D eigenvalue weighted by Gasteiger charge is 2.14. The third-order valence-corrected chi connectivity index (χ3v) is 2.83. The number of nitrogens with zero attached hydrogens (tertiary/aromatic N) is 2. The van der Waals surface area contributed by atoms with E-state index in [1.807, 2.05) is 12.1 Å². The van der Waals surface area contributed by atoms with Gasteiger partial charge in [0.2, 0.25) is 0 Å². The molecule has 1 N–H and O–H groups in total. The molecule has 2 aromatic rings. The van der Waals surface area contributed by atoms with Crippen molar-refractivity contribution >= 4 is 0 Å². The lowest BCUT2D eigenvalue weighted by Gasteiger charge is -2.21. The summed E-state index contributed by atoms with van der Waals surface area (Å²) in [6, 6.07) is 7.55. The van der Waals surface area contributed by atoms with Gasteiger partial charge in [0.1, 0.15) is 5.82 Å².